The Kier molecular flexibility index (Phi) is 4.34. The van der Waals surface area contributed by atoms with Gasteiger partial charge < -0.3 is 14.2 Å². The Morgan fingerprint density at radius 3 is 2.26 bits per heavy atom. The Bertz CT molecular complexity index is 725. The number of hydrogen-bond donors (Lipinski definition) is 0. The van der Waals surface area contributed by atoms with Crippen molar-refractivity contribution >= 4 is 23.4 Å². The van der Waals surface area contributed by atoms with Crippen LogP contribution in [0.4, 0.5) is 4.39 Å². The molecule has 0 bridgehead atoms. The fourth-order valence-electron chi connectivity index (χ4n) is 2.50. The van der Waals surface area contributed by atoms with Gasteiger partial charge in [0, 0.05) is 26.2 Å². The molecule has 1 fully saturated rings. The van der Waals surface area contributed by atoms with Gasteiger partial charge in [0.15, 0.2) is 5.76 Å². The summed E-state index contributed by atoms with van der Waals surface area (Å²) in [6.07, 6.45) is 1.45. The molecule has 23 heavy (non-hydrogen) atoms. The van der Waals surface area contributed by atoms with E-state index in [1.54, 1.807) is 21.9 Å². The Morgan fingerprint density at radius 1 is 1.04 bits per heavy atom. The van der Waals surface area contributed by atoms with Gasteiger partial charge in [-0.25, -0.2) is 4.39 Å². The number of amides is 2. The fraction of sp³-hybridized carbons (Fsp3) is 0.250. The average Bonchev–Trinajstić information content (AvgIpc) is 3.08. The van der Waals surface area contributed by atoms with E-state index >= 15 is 0 Å². The van der Waals surface area contributed by atoms with Crippen molar-refractivity contribution in [3.8, 4) is 0 Å². The standard InChI is InChI=1S/C16H14ClFN2O3/c17-13-10-11(18)3-4-12(13)15(21)19-5-7-20(8-6-19)16(22)14-2-1-9-23-14/h1-4,9-10H,5-8H2. The maximum Gasteiger partial charge on any atom is 0.289 e. The highest BCUT2D eigenvalue weighted by molar-refractivity contribution is 6.33. The van der Waals surface area contributed by atoms with Crippen molar-refractivity contribution < 1.29 is 18.4 Å². The van der Waals surface area contributed by atoms with Crippen LogP contribution in [0, 0.1) is 5.82 Å². The summed E-state index contributed by atoms with van der Waals surface area (Å²) in [6, 6.07) is 6.96. The van der Waals surface area contributed by atoms with E-state index in [0.717, 1.165) is 6.07 Å². The van der Waals surface area contributed by atoms with Crippen molar-refractivity contribution in [2.75, 3.05) is 26.2 Å². The van der Waals surface area contributed by atoms with Crippen LogP contribution in [-0.2, 0) is 0 Å². The third kappa shape index (κ3) is 3.22. The molecule has 5 nitrogen and oxygen atoms in total. The molecule has 2 heterocycles. The van der Waals surface area contributed by atoms with Crippen LogP contribution in [-0.4, -0.2) is 47.8 Å². The minimum atomic E-state index is -0.486. The first-order chi connectivity index (χ1) is 11.1. The van der Waals surface area contributed by atoms with Gasteiger partial charge in [0.05, 0.1) is 16.8 Å². The van der Waals surface area contributed by atoms with Crippen LogP contribution in [0.1, 0.15) is 20.9 Å². The molecule has 0 unspecified atom stereocenters. The first-order valence-electron chi connectivity index (χ1n) is 7.13. The summed E-state index contributed by atoms with van der Waals surface area (Å²) in [4.78, 5) is 27.8. The molecule has 1 saturated heterocycles. The Balaban J connectivity index is 1.64. The highest BCUT2D eigenvalue weighted by atomic mass is 35.5. The normalized spacial score (nSPS) is 14.9. The second kappa shape index (κ2) is 6.42. The maximum absolute atomic E-state index is 13.1. The van der Waals surface area contributed by atoms with Crippen molar-refractivity contribution in [1.29, 1.82) is 0 Å². The van der Waals surface area contributed by atoms with E-state index in [2.05, 4.69) is 0 Å². The zero-order valence-electron chi connectivity index (χ0n) is 12.2. The molecule has 1 aliphatic heterocycles. The third-order valence-corrected chi connectivity index (χ3v) is 4.06. The van der Waals surface area contributed by atoms with Gasteiger partial charge in [-0.2, -0.15) is 0 Å². The maximum atomic E-state index is 13.1. The summed E-state index contributed by atoms with van der Waals surface area (Å²) in [6.45, 7) is 1.59. The van der Waals surface area contributed by atoms with E-state index in [9.17, 15) is 14.0 Å². The molecule has 1 aromatic carbocycles. The summed E-state index contributed by atoms with van der Waals surface area (Å²) < 4.78 is 18.2. The van der Waals surface area contributed by atoms with E-state index in [1.165, 1.54) is 18.4 Å². The smallest absolute Gasteiger partial charge is 0.289 e. The van der Waals surface area contributed by atoms with Crippen LogP contribution in [0.2, 0.25) is 5.02 Å². The number of nitrogens with zero attached hydrogens (tertiary/aromatic N) is 2. The first-order valence-corrected chi connectivity index (χ1v) is 7.51. The van der Waals surface area contributed by atoms with Gasteiger partial charge in [-0.05, 0) is 30.3 Å². The molecule has 0 radical (unpaired) electrons. The summed E-state index contributed by atoms with van der Waals surface area (Å²) >= 11 is 5.93. The van der Waals surface area contributed by atoms with E-state index in [4.69, 9.17) is 16.0 Å². The number of halogens is 2. The zero-order valence-corrected chi connectivity index (χ0v) is 12.9. The summed E-state index contributed by atoms with van der Waals surface area (Å²) in [7, 11) is 0. The molecule has 7 heteroatoms. The number of piperazine rings is 1. The van der Waals surface area contributed by atoms with Crippen LogP contribution in [0.5, 0.6) is 0 Å². The van der Waals surface area contributed by atoms with Crippen molar-refractivity contribution in [3.63, 3.8) is 0 Å². The van der Waals surface area contributed by atoms with Crippen LogP contribution in [0.3, 0.4) is 0 Å². The number of hydrogen-bond acceptors (Lipinski definition) is 3. The molecule has 2 amide bonds. The van der Waals surface area contributed by atoms with Gasteiger partial charge >= 0.3 is 0 Å². The van der Waals surface area contributed by atoms with Crippen LogP contribution in [0.15, 0.2) is 41.0 Å². The van der Waals surface area contributed by atoms with Gasteiger partial charge in [-0.1, -0.05) is 11.6 Å². The van der Waals surface area contributed by atoms with E-state index in [1.807, 2.05) is 0 Å². The molecule has 3 rings (SSSR count). The van der Waals surface area contributed by atoms with Crippen LogP contribution in [0.25, 0.3) is 0 Å². The van der Waals surface area contributed by atoms with Gasteiger partial charge in [0.25, 0.3) is 11.8 Å². The van der Waals surface area contributed by atoms with Crippen LogP contribution < -0.4 is 0 Å². The highest BCUT2D eigenvalue weighted by Crippen LogP contribution is 2.20. The lowest BCUT2D eigenvalue weighted by molar-refractivity contribution is 0.0518. The zero-order chi connectivity index (χ0) is 16.4. The Morgan fingerprint density at radius 2 is 1.70 bits per heavy atom. The molecule has 0 spiro atoms. The second-order valence-corrected chi connectivity index (χ2v) is 5.59. The molecule has 1 aromatic heterocycles. The lowest BCUT2D eigenvalue weighted by Crippen LogP contribution is -2.50. The largest absolute Gasteiger partial charge is 0.459 e. The lowest BCUT2D eigenvalue weighted by atomic mass is 10.1. The number of carbonyl (C=O) groups excluding carboxylic acids is 2. The van der Waals surface area contributed by atoms with E-state index < -0.39 is 5.82 Å². The quantitative estimate of drug-likeness (QED) is 0.847. The summed E-state index contributed by atoms with van der Waals surface area (Å²) in [5, 5.41) is 0.0871. The summed E-state index contributed by atoms with van der Waals surface area (Å²) in [5.74, 6) is -0.659. The second-order valence-electron chi connectivity index (χ2n) is 5.19. The van der Waals surface area contributed by atoms with Crippen molar-refractivity contribution in [1.82, 2.24) is 9.80 Å². The van der Waals surface area contributed by atoms with Crippen molar-refractivity contribution in [2.45, 2.75) is 0 Å². The number of rotatable bonds is 2. The molecule has 120 valence electrons. The number of benzene rings is 1. The lowest BCUT2D eigenvalue weighted by Gasteiger charge is -2.34. The monoisotopic (exact) mass is 336 g/mol. The minimum absolute atomic E-state index is 0.0871. The SMILES string of the molecule is O=C(c1ccco1)N1CCN(C(=O)c2ccc(F)cc2Cl)CC1. The summed E-state index contributed by atoms with van der Waals surface area (Å²) in [5.41, 5.74) is 0.263. The van der Waals surface area contributed by atoms with Crippen LogP contribution >= 0.6 is 11.6 Å². The minimum Gasteiger partial charge on any atom is -0.459 e. The average molecular weight is 337 g/mol. The van der Waals surface area contributed by atoms with Crippen molar-refractivity contribution in [3.05, 3.63) is 58.8 Å². The molecule has 0 aliphatic carbocycles. The molecular weight excluding hydrogens is 323 g/mol. The molecule has 1 aliphatic rings. The molecule has 0 N–H and O–H groups in total. The molecular formula is C16H14ClFN2O3. The third-order valence-electron chi connectivity index (χ3n) is 3.75. The van der Waals surface area contributed by atoms with E-state index in [-0.39, 0.29) is 28.2 Å². The fourth-order valence-corrected chi connectivity index (χ4v) is 2.75. The molecule has 0 saturated carbocycles. The van der Waals surface area contributed by atoms with E-state index in [0.29, 0.717) is 26.2 Å². The van der Waals surface area contributed by atoms with Gasteiger partial charge in [0.1, 0.15) is 5.82 Å². The number of carbonyl (C=O) groups is 2. The van der Waals surface area contributed by atoms with Crippen molar-refractivity contribution in [2.24, 2.45) is 0 Å². The predicted molar refractivity (Wildman–Crippen MR) is 81.9 cm³/mol. The van der Waals surface area contributed by atoms with Gasteiger partial charge in [-0.3, -0.25) is 9.59 Å². The first kappa shape index (κ1) is 15.6. The Labute approximate surface area is 137 Å². The van der Waals surface area contributed by atoms with Gasteiger partial charge in [-0.15, -0.1) is 0 Å². The topological polar surface area (TPSA) is 53.8 Å². The predicted octanol–water partition coefficient (Wildman–Crippen LogP) is 2.67. The number of furan rings is 1. The molecule has 0 atom stereocenters. The van der Waals surface area contributed by atoms with Gasteiger partial charge in [0.2, 0.25) is 0 Å². The highest BCUT2D eigenvalue weighted by Gasteiger charge is 2.27. The Hall–Kier alpha value is -2.34. The molecule has 2 aromatic rings.